The zero-order valence-corrected chi connectivity index (χ0v) is 21.9. The van der Waals surface area contributed by atoms with Crippen LogP contribution in [0.5, 0.6) is 0 Å². The van der Waals surface area contributed by atoms with Gasteiger partial charge in [0.2, 0.25) is 11.9 Å². The molecule has 0 radical (unpaired) electrons. The van der Waals surface area contributed by atoms with Crippen molar-refractivity contribution >= 4 is 46.7 Å². The van der Waals surface area contributed by atoms with Gasteiger partial charge in [-0.25, -0.2) is 9.97 Å². The highest BCUT2D eigenvalue weighted by atomic mass is 35.5. The van der Waals surface area contributed by atoms with Crippen molar-refractivity contribution in [2.24, 2.45) is 7.05 Å². The number of anilines is 2. The summed E-state index contributed by atoms with van der Waals surface area (Å²) in [4.78, 5) is 42.4. The molecule has 0 saturated heterocycles. The number of nitrogens with zero attached hydrogens (tertiary/aromatic N) is 4. The van der Waals surface area contributed by atoms with E-state index in [1.54, 1.807) is 30.6 Å². The molecule has 0 aliphatic heterocycles. The topological polar surface area (TPSA) is 130 Å². The van der Waals surface area contributed by atoms with Crippen LogP contribution in [0, 0.1) is 0 Å². The minimum absolute atomic E-state index is 0.204. The second-order valence-corrected chi connectivity index (χ2v) is 10.7. The second kappa shape index (κ2) is 9.14. The molecule has 38 heavy (non-hydrogen) atoms. The Labute approximate surface area is 228 Å². The third kappa shape index (κ3) is 4.72. The van der Waals surface area contributed by atoms with Crippen LogP contribution in [-0.4, -0.2) is 41.9 Å². The maximum absolute atomic E-state index is 13.3. The first-order valence-electron chi connectivity index (χ1n) is 12.1. The van der Waals surface area contributed by atoms with E-state index in [-0.39, 0.29) is 11.6 Å². The second-order valence-electron chi connectivity index (χ2n) is 9.79. The lowest BCUT2D eigenvalue weighted by Crippen LogP contribution is -2.52. The van der Waals surface area contributed by atoms with E-state index in [1.165, 1.54) is 6.20 Å². The molecule has 0 spiro atoms. The smallest absolute Gasteiger partial charge is 0.270 e. The minimum Gasteiger partial charge on any atom is -0.343 e. The molecule has 2 fully saturated rings. The summed E-state index contributed by atoms with van der Waals surface area (Å²) in [5, 5.41) is 10.0. The van der Waals surface area contributed by atoms with E-state index in [1.807, 2.05) is 29.9 Å². The highest BCUT2D eigenvalue weighted by molar-refractivity contribution is 6.35. The van der Waals surface area contributed by atoms with Crippen molar-refractivity contribution in [1.29, 1.82) is 0 Å². The van der Waals surface area contributed by atoms with Gasteiger partial charge in [0.25, 0.3) is 5.91 Å². The van der Waals surface area contributed by atoms with E-state index in [0.717, 1.165) is 29.9 Å². The largest absolute Gasteiger partial charge is 0.343 e. The monoisotopic (exact) mass is 550 g/mol. The summed E-state index contributed by atoms with van der Waals surface area (Å²) in [5.74, 6) is 0.556. The number of carbonyl (C=O) groups excluding carboxylic acids is 2. The first-order chi connectivity index (χ1) is 18.3. The molecule has 3 heterocycles. The number of amides is 2. The number of nitrogens with one attached hydrogen (secondary N) is 4. The first-order valence-corrected chi connectivity index (χ1v) is 12.9. The number of hydrogen-bond donors (Lipinski definition) is 4. The van der Waals surface area contributed by atoms with Gasteiger partial charge in [-0.2, -0.15) is 0 Å². The van der Waals surface area contributed by atoms with Crippen LogP contribution in [0.3, 0.4) is 0 Å². The Balaban J connectivity index is 1.10. The Bertz CT molecular complexity index is 1520. The van der Waals surface area contributed by atoms with Crippen LogP contribution in [0.4, 0.5) is 11.6 Å². The van der Waals surface area contributed by atoms with Gasteiger partial charge in [0.05, 0.1) is 17.4 Å². The zero-order chi connectivity index (χ0) is 26.5. The maximum atomic E-state index is 13.3. The number of hydrogen-bond acceptors (Lipinski definition) is 6. The van der Waals surface area contributed by atoms with Crippen LogP contribution >= 0.6 is 23.2 Å². The quantitative estimate of drug-likeness (QED) is 0.258. The third-order valence-corrected chi connectivity index (χ3v) is 7.36. The van der Waals surface area contributed by atoms with Gasteiger partial charge in [-0.3, -0.25) is 14.6 Å². The molecule has 12 heteroatoms. The van der Waals surface area contributed by atoms with E-state index < -0.39 is 17.0 Å². The van der Waals surface area contributed by atoms with E-state index in [0.29, 0.717) is 34.5 Å². The Kier molecular flexibility index (Phi) is 5.88. The van der Waals surface area contributed by atoms with Crippen LogP contribution in [0.25, 0.3) is 11.4 Å². The van der Waals surface area contributed by atoms with Crippen molar-refractivity contribution < 1.29 is 9.59 Å². The third-order valence-electron chi connectivity index (χ3n) is 6.92. The van der Waals surface area contributed by atoms with Crippen molar-refractivity contribution in [2.75, 3.05) is 5.32 Å². The number of carbonyl (C=O) groups is 2. The molecule has 10 nitrogen and oxygen atoms in total. The van der Waals surface area contributed by atoms with Gasteiger partial charge < -0.3 is 25.5 Å². The molecule has 0 atom stereocenters. The highest BCUT2D eigenvalue weighted by Crippen LogP contribution is 2.47. The molecule has 2 amide bonds. The maximum Gasteiger partial charge on any atom is 0.270 e. The number of rotatable bonds is 8. The average Bonchev–Trinajstić information content (AvgIpc) is 3.74. The van der Waals surface area contributed by atoms with Crippen molar-refractivity contribution in [3.05, 3.63) is 76.6 Å². The van der Waals surface area contributed by atoms with Crippen LogP contribution < -0.4 is 16.0 Å². The summed E-state index contributed by atoms with van der Waals surface area (Å²) < 4.78 is 1.93. The van der Waals surface area contributed by atoms with E-state index in [9.17, 15) is 9.59 Å². The number of aromatic amines is 1. The van der Waals surface area contributed by atoms with Crippen molar-refractivity contribution in [1.82, 2.24) is 35.1 Å². The summed E-state index contributed by atoms with van der Waals surface area (Å²) in [6, 6.07) is 8.89. The summed E-state index contributed by atoms with van der Waals surface area (Å²) in [7, 11) is 1.93. The lowest BCUT2D eigenvalue weighted by Gasteiger charge is -2.22. The minimum atomic E-state index is -0.946. The Hall–Kier alpha value is -3.89. The fourth-order valence-corrected chi connectivity index (χ4v) is 4.97. The predicted molar refractivity (Wildman–Crippen MR) is 143 cm³/mol. The zero-order valence-electron chi connectivity index (χ0n) is 20.4. The number of halogens is 2. The van der Waals surface area contributed by atoms with E-state index in [4.69, 9.17) is 23.2 Å². The number of aromatic nitrogens is 5. The number of imidazole rings is 2. The number of aryl methyl sites for hydroxylation is 1. The first kappa shape index (κ1) is 24.4. The Morgan fingerprint density at radius 2 is 1.74 bits per heavy atom. The summed E-state index contributed by atoms with van der Waals surface area (Å²) in [6.07, 6.45) is 9.52. The van der Waals surface area contributed by atoms with Gasteiger partial charge >= 0.3 is 0 Å². The molecule has 1 aromatic carbocycles. The van der Waals surface area contributed by atoms with Crippen molar-refractivity contribution in [3.63, 3.8) is 0 Å². The highest BCUT2D eigenvalue weighted by Gasteiger charge is 2.56. The van der Waals surface area contributed by atoms with Crippen molar-refractivity contribution in [2.45, 2.75) is 36.8 Å². The molecule has 3 aromatic heterocycles. The number of benzene rings is 1. The van der Waals surface area contributed by atoms with Gasteiger partial charge in [-0.15, -0.1) is 0 Å². The van der Waals surface area contributed by atoms with Gasteiger partial charge in [0, 0.05) is 46.9 Å². The fourth-order valence-electron chi connectivity index (χ4n) is 4.44. The Morgan fingerprint density at radius 3 is 2.34 bits per heavy atom. The summed E-state index contributed by atoms with van der Waals surface area (Å²) in [6.45, 7) is 0. The van der Waals surface area contributed by atoms with E-state index >= 15 is 0 Å². The Morgan fingerprint density at radius 1 is 0.974 bits per heavy atom. The summed E-state index contributed by atoms with van der Waals surface area (Å²) >= 11 is 12.1. The number of H-pyrrole nitrogens is 1. The molecule has 4 N–H and O–H groups in total. The number of pyridine rings is 1. The molecule has 4 aromatic rings. The lowest BCUT2D eigenvalue weighted by atomic mass is 10.1. The van der Waals surface area contributed by atoms with E-state index in [2.05, 4.69) is 35.9 Å². The SMILES string of the molecule is Cn1ccnc1-c1ccc(C2(NC(=O)C3(NC(=O)c4cnc(Nc5cc(Cl)cc(Cl)c5)[nH]4)CC3)CC2)nc1. The van der Waals surface area contributed by atoms with Crippen LogP contribution in [-0.2, 0) is 17.4 Å². The van der Waals surface area contributed by atoms with Crippen LogP contribution in [0.15, 0.2) is 55.1 Å². The molecule has 0 bridgehead atoms. The van der Waals surface area contributed by atoms with Gasteiger partial charge in [0.15, 0.2) is 0 Å². The molecule has 2 aliphatic carbocycles. The fraction of sp³-hybridized carbons (Fsp3) is 0.269. The standard InChI is InChI=1S/C26H24Cl2N8O2/c1-36-9-8-29-21(36)15-2-3-20(30-13-15)25(4-5-25)35-23(38)26(6-7-26)34-22(37)19-14-31-24(33-19)32-18-11-16(27)10-17(28)12-18/h2-3,8-14H,4-7H2,1H3,(H,34,37)(H,35,38)(H2,31,32,33). The normalized spacial score (nSPS) is 16.5. The molecule has 6 rings (SSSR count). The molecular weight excluding hydrogens is 527 g/mol. The average molecular weight is 551 g/mol. The summed E-state index contributed by atoms with van der Waals surface area (Å²) in [5.41, 5.74) is 1.10. The van der Waals surface area contributed by atoms with Gasteiger partial charge in [-0.1, -0.05) is 23.2 Å². The van der Waals surface area contributed by atoms with Crippen LogP contribution in [0.2, 0.25) is 10.0 Å². The lowest BCUT2D eigenvalue weighted by molar-refractivity contribution is -0.125. The van der Waals surface area contributed by atoms with Crippen molar-refractivity contribution in [3.8, 4) is 11.4 Å². The molecule has 0 unspecified atom stereocenters. The van der Waals surface area contributed by atoms with Crippen LogP contribution in [0.1, 0.15) is 41.9 Å². The molecule has 194 valence electrons. The molecule has 2 aliphatic rings. The van der Waals surface area contributed by atoms with Gasteiger partial charge in [-0.05, 0) is 56.0 Å². The molecule has 2 saturated carbocycles. The van der Waals surface area contributed by atoms with Gasteiger partial charge in [0.1, 0.15) is 17.1 Å². The predicted octanol–water partition coefficient (Wildman–Crippen LogP) is 4.32. The molecular formula is C26H24Cl2N8O2.